The second kappa shape index (κ2) is 19.0. The molecule has 1 unspecified atom stereocenters. The molecule has 4 aromatic rings. The van der Waals surface area contributed by atoms with Gasteiger partial charge in [-0.25, -0.2) is 0 Å². The Kier molecular flexibility index (Phi) is 15.6. The summed E-state index contributed by atoms with van der Waals surface area (Å²) in [4.78, 5) is 0. The minimum absolute atomic E-state index is 0. The van der Waals surface area contributed by atoms with E-state index in [1.807, 2.05) is 14.2 Å². The zero-order valence-corrected chi connectivity index (χ0v) is 47.7. The summed E-state index contributed by atoms with van der Waals surface area (Å²) in [5, 5.41) is 1.77. The van der Waals surface area contributed by atoms with E-state index >= 15 is 0 Å². The summed E-state index contributed by atoms with van der Waals surface area (Å²) in [6.45, 7) is 33.4. The van der Waals surface area contributed by atoms with E-state index in [1.54, 1.807) is 33.0 Å². The van der Waals surface area contributed by atoms with Gasteiger partial charge in [-0.1, -0.05) is 155 Å². The fraction of sp³-hybridized carbons (Fsp3) is 0.483. The zero-order chi connectivity index (χ0) is 45.5. The topological polar surface area (TPSA) is 18.5 Å². The quantitative estimate of drug-likeness (QED) is 0.129. The molecule has 0 radical (unpaired) electrons. The number of methoxy groups -OCH3 is 2. The van der Waals surface area contributed by atoms with Gasteiger partial charge in [0, 0.05) is 27.8 Å². The molecular formula is C58H78Cl2O2SiZr. The van der Waals surface area contributed by atoms with E-state index < -0.39 is 28.9 Å². The van der Waals surface area contributed by atoms with E-state index in [2.05, 4.69) is 163 Å². The van der Waals surface area contributed by atoms with Crippen molar-refractivity contribution in [2.24, 2.45) is 11.8 Å². The van der Waals surface area contributed by atoms with Crippen molar-refractivity contribution in [2.75, 3.05) is 14.2 Å². The molecule has 8 rings (SSSR count). The first-order valence-electron chi connectivity index (χ1n) is 23.0. The van der Waals surface area contributed by atoms with Gasteiger partial charge < -0.3 is 24.3 Å². The molecule has 0 bridgehead atoms. The van der Waals surface area contributed by atoms with Gasteiger partial charge in [0.1, 0.15) is 11.5 Å². The van der Waals surface area contributed by atoms with Crippen molar-refractivity contribution < 1.29 is 30.3 Å². The van der Waals surface area contributed by atoms with Crippen LogP contribution in [0.5, 0.6) is 11.5 Å². The molecule has 0 amide bonds. The van der Waals surface area contributed by atoms with Crippen LogP contribution in [0.25, 0.3) is 33.5 Å². The Bertz CT molecular complexity index is 2370. The van der Waals surface area contributed by atoms with Crippen LogP contribution in [-0.2, 0) is 48.9 Å². The third-order valence-corrected chi connectivity index (χ3v) is 18.1. The Morgan fingerprint density at radius 1 is 0.578 bits per heavy atom. The number of hydrogen-bond donors (Lipinski definition) is 0. The standard InChI is InChI=1S/C56H72O2Si.2CH3.2ClH.Zr/c1-53(2,3)45-27-35(28-46(49(45)57-13)54(4,5)6)37-19-17-21-39-43(37)31-41(33-23-24-33)51(39)59(15,16)52-40-22-18-20-38(44(40)32-42(52)34-25-26-34)36-29-47(55(7,8)9)50(58-14)48(30-36)56(10,11)12;;;;;/h17-22,27-31,33-34,51H,23-26,32H2,1-16H3;2*1H3;2*1H;/q;2*-1;;;+4/p-2. The van der Waals surface area contributed by atoms with Crippen molar-refractivity contribution in [1.82, 2.24) is 0 Å². The molecule has 0 aromatic heterocycles. The number of fused-ring (bicyclic) bond motifs is 2. The summed E-state index contributed by atoms with van der Waals surface area (Å²) in [6, 6.07) is 24.4. The minimum atomic E-state index is -2.18. The fourth-order valence-electron chi connectivity index (χ4n) is 10.9. The Morgan fingerprint density at radius 3 is 1.38 bits per heavy atom. The first-order chi connectivity index (χ1) is 28.9. The third kappa shape index (κ3) is 9.94. The molecule has 0 saturated heterocycles. The predicted molar refractivity (Wildman–Crippen MR) is 280 cm³/mol. The van der Waals surface area contributed by atoms with Crippen LogP contribution in [0, 0.1) is 26.7 Å². The van der Waals surface area contributed by atoms with Crippen molar-refractivity contribution >= 4 is 36.4 Å². The molecule has 4 aliphatic carbocycles. The summed E-state index contributed by atoms with van der Waals surface area (Å²) in [7, 11) is 11.4. The molecular weight excluding hydrogens is 919 g/mol. The van der Waals surface area contributed by atoms with Crippen LogP contribution < -0.4 is 9.47 Å². The van der Waals surface area contributed by atoms with E-state index in [0.29, 0.717) is 11.5 Å². The van der Waals surface area contributed by atoms with Gasteiger partial charge in [0.2, 0.25) is 0 Å². The van der Waals surface area contributed by atoms with Gasteiger partial charge in [-0.15, -0.1) is 0 Å². The molecule has 1 atom stereocenters. The van der Waals surface area contributed by atoms with E-state index in [-0.39, 0.29) is 36.5 Å². The van der Waals surface area contributed by atoms with Crippen molar-refractivity contribution in [3.8, 4) is 33.8 Å². The molecule has 344 valence electrons. The second-order valence-corrected chi connectivity index (χ2v) is 31.6. The molecule has 0 N–H and O–H groups in total. The van der Waals surface area contributed by atoms with Crippen molar-refractivity contribution in [3.63, 3.8) is 0 Å². The number of hydrogen-bond acceptors (Lipinski definition) is 2. The van der Waals surface area contributed by atoms with Crippen LogP contribution in [0.15, 0.2) is 71.8 Å². The van der Waals surface area contributed by atoms with E-state index in [0.717, 1.165) is 23.8 Å². The first kappa shape index (κ1) is 52.6. The van der Waals surface area contributed by atoms with E-state index in [4.69, 9.17) is 26.5 Å². The SMILES string of the molecule is COc1c(C(C)(C)C)cc(-c2cccc3c2C=C(C2CC2)C3[Si](C)(C)C2=C(C3CC3)Cc3c2cccc3-c2cc(C(C)(C)C)c(OC)c(C(C)(C)C)c2)cc1C(C)(C)C.[CH3-].[CH3-].[Cl][Zr+2][Cl]. The second-order valence-electron chi connectivity index (χ2n) is 23.3. The van der Waals surface area contributed by atoms with Gasteiger partial charge in [0.05, 0.1) is 22.3 Å². The van der Waals surface area contributed by atoms with E-state index in [1.165, 1.54) is 75.8 Å². The predicted octanol–water partition coefficient (Wildman–Crippen LogP) is 17.6. The monoisotopic (exact) mass is 994 g/mol. The van der Waals surface area contributed by atoms with E-state index in [9.17, 15) is 0 Å². The molecule has 0 heterocycles. The van der Waals surface area contributed by atoms with Gasteiger partial charge in [-0.3, -0.25) is 0 Å². The number of benzene rings is 4. The third-order valence-electron chi connectivity index (χ3n) is 14.2. The van der Waals surface area contributed by atoms with Crippen LogP contribution in [0.3, 0.4) is 0 Å². The van der Waals surface area contributed by atoms with Crippen LogP contribution in [-0.4, -0.2) is 22.3 Å². The van der Waals surface area contributed by atoms with Crippen LogP contribution in [0.2, 0.25) is 13.1 Å². The summed E-state index contributed by atoms with van der Waals surface area (Å²) < 4.78 is 12.4. The van der Waals surface area contributed by atoms with Gasteiger partial charge in [-0.05, 0) is 134 Å². The van der Waals surface area contributed by atoms with Crippen molar-refractivity contribution in [2.45, 2.75) is 155 Å². The Morgan fingerprint density at radius 2 is 0.969 bits per heavy atom. The summed E-state index contributed by atoms with van der Waals surface area (Å²) in [6.07, 6.45) is 9.07. The Hall–Kier alpha value is -2.36. The molecule has 2 fully saturated rings. The Labute approximate surface area is 410 Å². The average molecular weight is 997 g/mol. The average Bonchev–Trinajstić information content (AvgIpc) is 4.13. The Balaban J connectivity index is 0.00000150. The zero-order valence-electron chi connectivity index (χ0n) is 42.7. The molecule has 4 aliphatic rings. The van der Waals surface area contributed by atoms with Gasteiger partial charge >= 0.3 is 37.9 Å². The molecule has 2 saturated carbocycles. The van der Waals surface area contributed by atoms with Gasteiger partial charge in [0.25, 0.3) is 0 Å². The number of ether oxygens (including phenoxy) is 2. The normalized spacial score (nSPS) is 17.3. The molecule has 0 aliphatic heterocycles. The fourth-order valence-corrected chi connectivity index (χ4v) is 15.4. The molecule has 4 aromatic carbocycles. The maximum atomic E-state index is 6.23. The summed E-state index contributed by atoms with van der Waals surface area (Å²) >= 11 is -0.826. The number of halogens is 2. The van der Waals surface area contributed by atoms with Crippen molar-refractivity contribution in [1.29, 1.82) is 0 Å². The first-order valence-corrected chi connectivity index (χ1v) is 32.4. The van der Waals surface area contributed by atoms with Crippen LogP contribution in [0.1, 0.15) is 159 Å². The van der Waals surface area contributed by atoms with Crippen LogP contribution in [0.4, 0.5) is 0 Å². The number of allylic oxidation sites excluding steroid dienone is 2. The summed E-state index contributed by atoms with van der Waals surface area (Å²) in [5.74, 6) is 3.50. The number of rotatable bonds is 8. The molecule has 2 nitrogen and oxygen atoms in total. The molecule has 0 spiro atoms. The maximum absolute atomic E-state index is 6.23. The molecule has 6 heteroatoms. The van der Waals surface area contributed by atoms with Crippen molar-refractivity contribution in [3.05, 3.63) is 131 Å². The van der Waals surface area contributed by atoms with Crippen LogP contribution >= 0.6 is 17.0 Å². The van der Waals surface area contributed by atoms with Gasteiger partial charge in [-0.2, -0.15) is 0 Å². The summed E-state index contributed by atoms with van der Waals surface area (Å²) in [5.41, 5.74) is 20.5. The van der Waals surface area contributed by atoms with Gasteiger partial charge in [0.15, 0.2) is 0 Å². The molecule has 64 heavy (non-hydrogen) atoms.